The summed E-state index contributed by atoms with van der Waals surface area (Å²) < 4.78 is 13.4. The largest absolute Gasteiger partial charge is 0.341 e. The number of nitrogens with one attached hydrogen (secondary N) is 1. The molecule has 3 amide bonds. The fourth-order valence-electron chi connectivity index (χ4n) is 4.15. The van der Waals surface area contributed by atoms with Crippen molar-refractivity contribution in [3.63, 3.8) is 0 Å². The number of urea groups is 1. The van der Waals surface area contributed by atoms with Crippen LogP contribution in [0.25, 0.3) is 0 Å². The number of unbranched alkanes of at least 4 members (excludes halogenated alkanes) is 1. The maximum Gasteiger partial charge on any atom is 0.317 e. The molecule has 0 aromatic heterocycles. The molecule has 1 aliphatic heterocycles. The van der Waals surface area contributed by atoms with Crippen LogP contribution in [0.4, 0.5) is 9.18 Å². The highest BCUT2D eigenvalue weighted by molar-refractivity contribution is 5.81. The van der Waals surface area contributed by atoms with Crippen LogP contribution in [0, 0.1) is 11.7 Å². The number of carbonyl (C=O) groups excluding carboxylic acids is 2. The van der Waals surface area contributed by atoms with Crippen LogP contribution in [0.1, 0.15) is 49.8 Å². The number of nitrogens with zero attached hydrogens (tertiary/aromatic N) is 2. The summed E-state index contributed by atoms with van der Waals surface area (Å²) in [4.78, 5) is 29.6. The van der Waals surface area contributed by atoms with Gasteiger partial charge in [0.1, 0.15) is 5.82 Å². The van der Waals surface area contributed by atoms with E-state index in [2.05, 4.69) is 12.2 Å². The van der Waals surface area contributed by atoms with Gasteiger partial charge in [-0.2, -0.15) is 0 Å². The summed E-state index contributed by atoms with van der Waals surface area (Å²) in [6.07, 6.45) is 3.26. The molecule has 2 aromatic rings. The molecular formula is C25H32FN3O2. The van der Waals surface area contributed by atoms with Crippen molar-refractivity contribution in [3.05, 3.63) is 71.5 Å². The van der Waals surface area contributed by atoms with E-state index in [1.54, 1.807) is 21.9 Å². The summed E-state index contributed by atoms with van der Waals surface area (Å²) in [6.45, 7) is 3.58. The molecule has 166 valence electrons. The molecule has 5 nitrogen and oxygen atoms in total. The molecule has 2 atom stereocenters. The lowest BCUT2D eigenvalue weighted by molar-refractivity contribution is -0.136. The number of hydrogen-bond donors (Lipinski definition) is 1. The van der Waals surface area contributed by atoms with E-state index in [1.165, 1.54) is 12.1 Å². The normalized spacial score (nSPS) is 18.5. The summed E-state index contributed by atoms with van der Waals surface area (Å²) >= 11 is 0. The Bertz CT molecular complexity index is 857. The second kappa shape index (κ2) is 10.9. The molecule has 1 saturated heterocycles. The van der Waals surface area contributed by atoms with Gasteiger partial charge in [0.05, 0.1) is 12.0 Å². The van der Waals surface area contributed by atoms with E-state index in [-0.39, 0.29) is 29.7 Å². The highest BCUT2D eigenvalue weighted by Crippen LogP contribution is 2.34. The van der Waals surface area contributed by atoms with Crippen LogP contribution < -0.4 is 5.32 Å². The highest BCUT2D eigenvalue weighted by atomic mass is 19.1. The van der Waals surface area contributed by atoms with Crippen molar-refractivity contribution in [1.29, 1.82) is 0 Å². The summed E-state index contributed by atoms with van der Waals surface area (Å²) in [5.41, 5.74) is 1.98. The maximum absolute atomic E-state index is 13.4. The molecule has 31 heavy (non-hydrogen) atoms. The fraction of sp³-hybridized carbons (Fsp3) is 0.440. The second-order valence-corrected chi connectivity index (χ2v) is 8.26. The van der Waals surface area contributed by atoms with Gasteiger partial charge in [-0.05, 0) is 42.5 Å². The summed E-state index contributed by atoms with van der Waals surface area (Å²) in [5.74, 6) is -0.496. The average Bonchev–Trinajstić information content (AvgIpc) is 2.79. The van der Waals surface area contributed by atoms with Crippen molar-refractivity contribution in [2.45, 2.75) is 45.2 Å². The first-order valence-corrected chi connectivity index (χ1v) is 11.1. The fourth-order valence-corrected chi connectivity index (χ4v) is 4.15. The van der Waals surface area contributed by atoms with E-state index in [0.29, 0.717) is 32.5 Å². The van der Waals surface area contributed by atoms with E-state index in [4.69, 9.17) is 0 Å². The Morgan fingerprint density at radius 3 is 2.48 bits per heavy atom. The van der Waals surface area contributed by atoms with Crippen LogP contribution in [0.15, 0.2) is 54.6 Å². The standard InChI is InChI=1S/C25H32FN3O2/c1-3-4-16-27-25(31)29-18-21(12-15-23(29)20-10-13-22(26)14-11-20)24(30)28(2)17-19-8-6-5-7-9-19/h5-11,13-14,21,23H,3-4,12,15-18H2,1-2H3,(H,27,31). The van der Waals surface area contributed by atoms with E-state index >= 15 is 0 Å². The summed E-state index contributed by atoms with van der Waals surface area (Å²) in [7, 11) is 1.81. The number of piperidine rings is 1. The quantitative estimate of drug-likeness (QED) is 0.651. The van der Waals surface area contributed by atoms with Gasteiger partial charge in [0.25, 0.3) is 0 Å². The first kappa shape index (κ1) is 22.8. The molecule has 0 saturated carbocycles. The molecule has 2 aromatic carbocycles. The number of halogens is 1. The van der Waals surface area contributed by atoms with Gasteiger partial charge in [0.2, 0.25) is 5.91 Å². The number of likely N-dealkylation sites (tertiary alicyclic amines) is 1. The van der Waals surface area contributed by atoms with Gasteiger partial charge in [0.15, 0.2) is 0 Å². The predicted octanol–water partition coefficient (Wildman–Crippen LogP) is 4.75. The Balaban J connectivity index is 1.72. The van der Waals surface area contributed by atoms with E-state index < -0.39 is 0 Å². The average molecular weight is 426 g/mol. The predicted molar refractivity (Wildman–Crippen MR) is 120 cm³/mol. The van der Waals surface area contributed by atoms with Gasteiger partial charge in [-0.15, -0.1) is 0 Å². The third-order valence-electron chi connectivity index (χ3n) is 5.89. The van der Waals surface area contributed by atoms with Crippen molar-refractivity contribution < 1.29 is 14.0 Å². The third-order valence-corrected chi connectivity index (χ3v) is 5.89. The van der Waals surface area contributed by atoms with Gasteiger partial charge in [-0.25, -0.2) is 9.18 Å². The van der Waals surface area contributed by atoms with Gasteiger partial charge in [-0.3, -0.25) is 4.79 Å². The molecule has 2 unspecified atom stereocenters. The van der Waals surface area contributed by atoms with Crippen molar-refractivity contribution in [1.82, 2.24) is 15.1 Å². The molecule has 0 bridgehead atoms. The van der Waals surface area contributed by atoms with Crippen LogP contribution >= 0.6 is 0 Å². The van der Waals surface area contributed by atoms with Gasteiger partial charge in [0, 0.05) is 26.7 Å². The molecule has 1 aliphatic rings. The zero-order valence-corrected chi connectivity index (χ0v) is 18.4. The Labute approximate surface area is 184 Å². The number of amides is 3. The molecule has 1 N–H and O–H groups in total. The Morgan fingerprint density at radius 1 is 1.10 bits per heavy atom. The number of carbonyl (C=O) groups is 2. The lowest BCUT2D eigenvalue weighted by Crippen LogP contribution is -2.50. The Morgan fingerprint density at radius 2 is 1.81 bits per heavy atom. The molecule has 1 fully saturated rings. The minimum Gasteiger partial charge on any atom is -0.341 e. The number of benzene rings is 2. The van der Waals surface area contributed by atoms with E-state index in [1.807, 2.05) is 37.4 Å². The maximum atomic E-state index is 13.4. The smallest absolute Gasteiger partial charge is 0.317 e. The summed E-state index contributed by atoms with van der Waals surface area (Å²) in [6, 6.07) is 15.9. The minimum absolute atomic E-state index is 0.0489. The number of rotatable bonds is 7. The zero-order chi connectivity index (χ0) is 22.2. The van der Waals surface area contributed by atoms with Crippen LogP contribution in [0.5, 0.6) is 0 Å². The van der Waals surface area contributed by atoms with Crippen molar-refractivity contribution in [2.75, 3.05) is 20.1 Å². The monoisotopic (exact) mass is 425 g/mol. The zero-order valence-electron chi connectivity index (χ0n) is 18.4. The van der Waals surface area contributed by atoms with Crippen molar-refractivity contribution in [2.24, 2.45) is 5.92 Å². The van der Waals surface area contributed by atoms with E-state index in [9.17, 15) is 14.0 Å². The lowest BCUT2D eigenvalue weighted by Gasteiger charge is -2.40. The van der Waals surface area contributed by atoms with Crippen molar-refractivity contribution in [3.8, 4) is 0 Å². The van der Waals surface area contributed by atoms with Crippen LogP contribution in [0.3, 0.4) is 0 Å². The Hall–Kier alpha value is -2.89. The lowest BCUT2D eigenvalue weighted by atomic mass is 9.88. The minimum atomic E-state index is -0.297. The molecule has 0 spiro atoms. The Kier molecular flexibility index (Phi) is 8.04. The first-order chi connectivity index (χ1) is 15.0. The molecule has 0 aliphatic carbocycles. The third kappa shape index (κ3) is 6.06. The van der Waals surface area contributed by atoms with Crippen LogP contribution in [-0.2, 0) is 11.3 Å². The van der Waals surface area contributed by atoms with Gasteiger partial charge >= 0.3 is 6.03 Å². The second-order valence-electron chi connectivity index (χ2n) is 8.26. The van der Waals surface area contributed by atoms with E-state index in [0.717, 1.165) is 24.0 Å². The number of hydrogen-bond acceptors (Lipinski definition) is 2. The molecule has 1 heterocycles. The topological polar surface area (TPSA) is 52.7 Å². The molecule has 3 rings (SSSR count). The SMILES string of the molecule is CCCCNC(=O)N1CC(C(=O)N(C)Cc2ccccc2)CCC1c1ccc(F)cc1. The van der Waals surface area contributed by atoms with Crippen LogP contribution in [-0.4, -0.2) is 41.9 Å². The van der Waals surface area contributed by atoms with Crippen LogP contribution in [0.2, 0.25) is 0 Å². The first-order valence-electron chi connectivity index (χ1n) is 11.1. The molecule has 0 radical (unpaired) electrons. The highest BCUT2D eigenvalue weighted by Gasteiger charge is 2.36. The molecular weight excluding hydrogens is 393 g/mol. The van der Waals surface area contributed by atoms with Gasteiger partial charge < -0.3 is 15.1 Å². The summed E-state index contributed by atoms with van der Waals surface area (Å²) in [5, 5.41) is 2.98. The van der Waals surface area contributed by atoms with Crippen molar-refractivity contribution >= 4 is 11.9 Å². The van der Waals surface area contributed by atoms with Gasteiger partial charge in [-0.1, -0.05) is 55.8 Å². The molecule has 6 heteroatoms.